The maximum absolute atomic E-state index is 3.82. The first-order valence-electron chi connectivity index (χ1n) is 7.70. The fourth-order valence-corrected chi connectivity index (χ4v) is 3.37. The van der Waals surface area contributed by atoms with Gasteiger partial charge in [0.25, 0.3) is 0 Å². The van der Waals surface area contributed by atoms with Crippen LogP contribution in [0, 0.1) is 11.3 Å². The fraction of sp³-hybridized carbons (Fsp3) is 1.00. The minimum atomic E-state index is 0.451. The summed E-state index contributed by atoms with van der Waals surface area (Å²) in [4.78, 5) is 2.47. The molecule has 18 heavy (non-hydrogen) atoms. The maximum atomic E-state index is 3.82. The van der Waals surface area contributed by atoms with Crippen molar-refractivity contribution in [2.45, 2.75) is 45.6 Å². The van der Waals surface area contributed by atoms with Crippen LogP contribution in [0.15, 0.2) is 0 Å². The summed E-state index contributed by atoms with van der Waals surface area (Å²) in [5.41, 5.74) is 0.451. The van der Waals surface area contributed by atoms with Crippen molar-refractivity contribution < 1.29 is 0 Å². The smallest absolute Gasteiger partial charge is 0.00914 e. The number of piperidine rings is 2. The summed E-state index contributed by atoms with van der Waals surface area (Å²) in [5, 5.41) is 7.25. The molecule has 0 unspecified atom stereocenters. The van der Waals surface area contributed by atoms with Gasteiger partial charge in [-0.25, -0.2) is 0 Å². The Morgan fingerprint density at radius 2 is 1.72 bits per heavy atom. The topological polar surface area (TPSA) is 27.3 Å². The van der Waals surface area contributed by atoms with E-state index in [9.17, 15) is 0 Å². The van der Waals surface area contributed by atoms with Crippen molar-refractivity contribution in [1.29, 1.82) is 0 Å². The Kier molecular flexibility index (Phi) is 5.05. The second kappa shape index (κ2) is 6.36. The van der Waals surface area contributed by atoms with Crippen LogP contribution in [0.1, 0.15) is 39.5 Å². The fourth-order valence-electron chi connectivity index (χ4n) is 3.37. The van der Waals surface area contributed by atoms with E-state index in [1.807, 2.05) is 0 Å². The molecule has 3 nitrogen and oxygen atoms in total. The van der Waals surface area contributed by atoms with Gasteiger partial charge in [-0.1, -0.05) is 13.8 Å². The Balaban J connectivity index is 1.75. The van der Waals surface area contributed by atoms with E-state index in [0.717, 1.165) is 12.0 Å². The van der Waals surface area contributed by atoms with Gasteiger partial charge in [0, 0.05) is 12.6 Å². The zero-order chi connectivity index (χ0) is 13.0. The van der Waals surface area contributed by atoms with Gasteiger partial charge < -0.3 is 15.5 Å². The van der Waals surface area contributed by atoms with Gasteiger partial charge in [-0.2, -0.15) is 0 Å². The predicted octanol–water partition coefficient (Wildman–Crippen LogP) is 1.70. The molecule has 2 fully saturated rings. The molecule has 0 radical (unpaired) electrons. The molecule has 0 aromatic heterocycles. The maximum Gasteiger partial charge on any atom is 0.00914 e. The van der Waals surface area contributed by atoms with E-state index < -0.39 is 0 Å². The minimum absolute atomic E-state index is 0.451. The highest BCUT2D eigenvalue weighted by Crippen LogP contribution is 2.34. The monoisotopic (exact) mass is 253 g/mol. The molecule has 0 saturated carbocycles. The molecule has 0 aromatic carbocycles. The lowest BCUT2D eigenvalue weighted by molar-refractivity contribution is 0.109. The molecule has 3 heteroatoms. The van der Waals surface area contributed by atoms with Crippen LogP contribution < -0.4 is 10.6 Å². The molecule has 2 aliphatic heterocycles. The summed E-state index contributed by atoms with van der Waals surface area (Å²) in [6.07, 6.45) is 5.34. The number of likely N-dealkylation sites (tertiary alicyclic amines) is 1. The van der Waals surface area contributed by atoms with Gasteiger partial charge in [-0.3, -0.25) is 0 Å². The standard InChI is InChI=1S/C15H31N3/c1-15(2,13-6-10-18(3)11-7-13)12-17-14-4-8-16-9-5-14/h13-14,16-17H,4-12H2,1-3H3. The summed E-state index contributed by atoms with van der Waals surface area (Å²) >= 11 is 0. The van der Waals surface area contributed by atoms with Crippen molar-refractivity contribution in [3.63, 3.8) is 0 Å². The molecule has 2 N–H and O–H groups in total. The van der Waals surface area contributed by atoms with Crippen LogP contribution in [0.2, 0.25) is 0 Å². The summed E-state index contributed by atoms with van der Waals surface area (Å²) in [6.45, 7) is 11.0. The Morgan fingerprint density at radius 3 is 2.33 bits per heavy atom. The van der Waals surface area contributed by atoms with E-state index in [1.165, 1.54) is 58.4 Å². The van der Waals surface area contributed by atoms with Crippen LogP contribution in [0.5, 0.6) is 0 Å². The van der Waals surface area contributed by atoms with Crippen molar-refractivity contribution in [2.75, 3.05) is 39.8 Å². The lowest BCUT2D eigenvalue weighted by atomic mass is 9.73. The van der Waals surface area contributed by atoms with Crippen molar-refractivity contribution in [3.05, 3.63) is 0 Å². The molecule has 0 atom stereocenters. The van der Waals surface area contributed by atoms with Gasteiger partial charge in [-0.15, -0.1) is 0 Å². The third-order valence-electron chi connectivity index (χ3n) is 5.01. The van der Waals surface area contributed by atoms with Crippen molar-refractivity contribution in [1.82, 2.24) is 15.5 Å². The third-order valence-corrected chi connectivity index (χ3v) is 5.01. The molecule has 2 saturated heterocycles. The Labute approximate surface area is 113 Å². The van der Waals surface area contributed by atoms with Gasteiger partial charge in [0.05, 0.1) is 0 Å². The normalized spacial score (nSPS) is 25.5. The zero-order valence-corrected chi connectivity index (χ0v) is 12.5. The molecular formula is C15H31N3. The van der Waals surface area contributed by atoms with Gasteiger partial charge >= 0.3 is 0 Å². The summed E-state index contributed by atoms with van der Waals surface area (Å²) in [5.74, 6) is 0.892. The molecule has 2 aliphatic rings. The number of nitrogens with zero attached hydrogens (tertiary/aromatic N) is 1. The number of hydrogen-bond donors (Lipinski definition) is 2. The first kappa shape index (κ1) is 14.3. The molecule has 2 rings (SSSR count). The van der Waals surface area contributed by atoms with E-state index in [2.05, 4.69) is 36.4 Å². The highest BCUT2D eigenvalue weighted by molar-refractivity contribution is 4.86. The average Bonchev–Trinajstić information content (AvgIpc) is 2.38. The molecule has 0 bridgehead atoms. The molecule has 0 spiro atoms. The van der Waals surface area contributed by atoms with E-state index >= 15 is 0 Å². The molecule has 0 aliphatic carbocycles. The second-order valence-electron chi connectivity index (χ2n) is 6.97. The van der Waals surface area contributed by atoms with Crippen LogP contribution in [-0.4, -0.2) is 50.7 Å². The lowest BCUT2D eigenvalue weighted by Gasteiger charge is -2.41. The van der Waals surface area contributed by atoms with E-state index in [4.69, 9.17) is 0 Å². The van der Waals surface area contributed by atoms with Crippen molar-refractivity contribution >= 4 is 0 Å². The van der Waals surface area contributed by atoms with Crippen LogP contribution in [-0.2, 0) is 0 Å². The van der Waals surface area contributed by atoms with Gasteiger partial charge in [0.2, 0.25) is 0 Å². The van der Waals surface area contributed by atoms with Crippen molar-refractivity contribution in [3.8, 4) is 0 Å². The zero-order valence-electron chi connectivity index (χ0n) is 12.5. The van der Waals surface area contributed by atoms with E-state index in [-0.39, 0.29) is 0 Å². The lowest BCUT2D eigenvalue weighted by Crippen LogP contribution is -2.47. The third kappa shape index (κ3) is 3.94. The Hall–Kier alpha value is -0.120. The van der Waals surface area contributed by atoms with Gasteiger partial charge in [0.1, 0.15) is 0 Å². The molecule has 2 heterocycles. The highest BCUT2D eigenvalue weighted by atomic mass is 15.1. The highest BCUT2D eigenvalue weighted by Gasteiger charge is 2.32. The second-order valence-corrected chi connectivity index (χ2v) is 6.97. The minimum Gasteiger partial charge on any atom is -0.317 e. The molecule has 0 amide bonds. The number of hydrogen-bond acceptors (Lipinski definition) is 3. The summed E-state index contributed by atoms with van der Waals surface area (Å²) in [6, 6.07) is 0.747. The molecular weight excluding hydrogens is 222 g/mol. The number of nitrogens with one attached hydrogen (secondary N) is 2. The summed E-state index contributed by atoms with van der Waals surface area (Å²) in [7, 11) is 2.25. The average molecular weight is 253 g/mol. The van der Waals surface area contributed by atoms with Crippen molar-refractivity contribution in [2.24, 2.45) is 11.3 Å². The van der Waals surface area contributed by atoms with Crippen LogP contribution in [0.3, 0.4) is 0 Å². The van der Waals surface area contributed by atoms with Gasteiger partial charge in [-0.05, 0) is 70.2 Å². The number of rotatable bonds is 4. The molecule has 106 valence electrons. The van der Waals surface area contributed by atoms with E-state index in [0.29, 0.717) is 5.41 Å². The largest absolute Gasteiger partial charge is 0.317 e. The predicted molar refractivity (Wildman–Crippen MR) is 77.9 cm³/mol. The first-order valence-corrected chi connectivity index (χ1v) is 7.70. The summed E-state index contributed by atoms with van der Waals surface area (Å²) < 4.78 is 0. The van der Waals surface area contributed by atoms with Gasteiger partial charge in [0.15, 0.2) is 0 Å². The van der Waals surface area contributed by atoms with Crippen LogP contribution in [0.4, 0.5) is 0 Å². The quantitative estimate of drug-likeness (QED) is 0.798. The Bertz CT molecular complexity index is 238. The Morgan fingerprint density at radius 1 is 1.11 bits per heavy atom. The van der Waals surface area contributed by atoms with Crippen LogP contribution >= 0.6 is 0 Å². The van der Waals surface area contributed by atoms with E-state index in [1.54, 1.807) is 0 Å². The SMILES string of the molecule is CN1CCC(C(C)(C)CNC2CCNCC2)CC1. The molecule has 0 aromatic rings. The van der Waals surface area contributed by atoms with Crippen LogP contribution in [0.25, 0.3) is 0 Å². The first-order chi connectivity index (χ1) is 8.58.